The fraction of sp³-hybridized carbons (Fsp3) is 0.474. The number of hydrogen-bond acceptors (Lipinski definition) is 5. The lowest BCUT2D eigenvalue weighted by Crippen LogP contribution is -2.31. The first-order chi connectivity index (χ1) is 12.5. The molecule has 0 bridgehead atoms. The Morgan fingerprint density at radius 3 is 2.48 bits per heavy atom. The average molecular weight is 488 g/mol. The van der Waals surface area contributed by atoms with Crippen molar-refractivity contribution < 1.29 is 14.0 Å². The molecule has 0 saturated carbocycles. The highest BCUT2D eigenvalue weighted by Crippen LogP contribution is 2.29. The van der Waals surface area contributed by atoms with E-state index in [1.165, 1.54) is 0 Å². The van der Waals surface area contributed by atoms with Crippen molar-refractivity contribution in [3.05, 3.63) is 35.2 Å². The second kappa shape index (κ2) is 11.0. The van der Waals surface area contributed by atoms with E-state index in [0.717, 1.165) is 29.2 Å². The molecule has 0 radical (unpaired) electrons. The third kappa shape index (κ3) is 6.02. The van der Waals surface area contributed by atoms with Gasteiger partial charge >= 0.3 is 0 Å². The summed E-state index contributed by atoms with van der Waals surface area (Å²) in [5.41, 5.74) is 2.91. The molecule has 2 N–H and O–H groups in total. The van der Waals surface area contributed by atoms with Gasteiger partial charge in [-0.3, -0.25) is 4.99 Å². The molecule has 1 aromatic carbocycles. The van der Waals surface area contributed by atoms with Gasteiger partial charge in [-0.1, -0.05) is 12.1 Å². The lowest BCUT2D eigenvalue weighted by Gasteiger charge is -2.15. The molecule has 2 aromatic rings. The number of aliphatic imine (C=N–C) groups is 1. The summed E-state index contributed by atoms with van der Waals surface area (Å²) < 4.78 is 15.9. The molecule has 0 fully saturated rings. The molecular formula is C19H29IN4O3. The Morgan fingerprint density at radius 1 is 1.22 bits per heavy atom. The van der Waals surface area contributed by atoms with E-state index in [9.17, 15) is 0 Å². The van der Waals surface area contributed by atoms with Crippen molar-refractivity contribution in [2.45, 2.75) is 33.6 Å². The standard InChI is InChI=1S/C19H28N4O3.HI/c1-7-20-19(21-11-12(2)18-13(3)23-26-14(18)4)22-15-8-9-16(24-5)17(10-15)25-6;/h8-10,12H,7,11H2,1-6H3,(H2,20,21,22);1H. The maximum Gasteiger partial charge on any atom is 0.195 e. The first kappa shape index (κ1) is 23.1. The molecule has 0 aliphatic rings. The Kier molecular flexibility index (Phi) is 9.40. The van der Waals surface area contributed by atoms with Gasteiger partial charge in [-0.2, -0.15) is 0 Å². The van der Waals surface area contributed by atoms with E-state index >= 15 is 0 Å². The summed E-state index contributed by atoms with van der Waals surface area (Å²) in [6.07, 6.45) is 0. The number of aryl methyl sites for hydroxylation is 2. The molecule has 1 atom stereocenters. The van der Waals surface area contributed by atoms with E-state index in [1.54, 1.807) is 14.2 Å². The van der Waals surface area contributed by atoms with Gasteiger partial charge in [0.1, 0.15) is 5.76 Å². The van der Waals surface area contributed by atoms with Crippen molar-refractivity contribution in [1.82, 2.24) is 10.5 Å². The number of aromatic nitrogens is 1. The predicted molar refractivity (Wildman–Crippen MR) is 119 cm³/mol. The molecular weight excluding hydrogens is 459 g/mol. The van der Waals surface area contributed by atoms with Gasteiger partial charge in [-0.15, -0.1) is 24.0 Å². The fourth-order valence-electron chi connectivity index (χ4n) is 2.87. The minimum absolute atomic E-state index is 0. The van der Waals surface area contributed by atoms with Gasteiger partial charge in [-0.25, -0.2) is 0 Å². The summed E-state index contributed by atoms with van der Waals surface area (Å²) >= 11 is 0. The second-order valence-electron chi connectivity index (χ2n) is 6.05. The third-order valence-electron chi connectivity index (χ3n) is 4.10. The number of methoxy groups -OCH3 is 2. The summed E-state index contributed by atoms with van der Waals surface area (Å²) in [5.74, 6) is 3.12. The van der Waals surface area contributed by atoms with E-state index in [-0.39, 0.29) is 29.9 Å². The maximum absolute atomic E-state index is 5.35. The third-order valence-corrected chi connectivity index (χ3v) is 4.10. The van der Waals surface area contributed by atoms with Crippen LogP contribution in [0.15, 0.2) is 27.7 Å². The van der Waals surface area contributed by atoms with Crippen molar-refractivity contribution >= 4 is 35.6 Å². The Morgan fingerprint density at radius 2 is 1.93 bits per heavy atom. The summed E-state index contributed by atoms with van der Waals surface area (Å²) in [5, 5.41) is 10.6. The van der Waals surface area contributed by atoms with Crippen LogP contribution in [0.2, 0.25) is 0 Å². The van der Waals surface area contributed by atoms with Crippen LogP contribution in [0, 0.1) is 13.8 Å². The maximum atomic E-state index is 5.35. The van der Waals surface area contributed by atoms with Crippen molar-refractivity contribution in [2.24, 2.45) is 4.99 Å². The smallest absolute Gasteiger partial charge is 0.195 e. The van der Waals surface area contributed by atoms with Crippen LogP contribution < -0.4 is 20.1 Å². The highest BCUT2D eigenvalue weighted by Gasteiger charge is 2.16. The lowest BCUT2D eigenvalue weighted by atomic mass is 10.00. The zero-order valence-corrected chi connectivity index (χ0v) is 19.1. The quantitative estimate of drug-likeness (QED) is 0.347. The molecule has 27 heavy (non-hydrogen) atoms. The molecule has 0 spiro atoms. The van der Waals surface area contributed by atoms with Crippen LogP contribution in [0.25, 0.3) is 0 Å². The van der Waals surface area contributed by atoms with Crippen LogP contribution in [0.1, 0.15) is 36.8 Å². The monoisotopic (exact) mass is 488 g/mol. The first-order valence-corrected chi connectivity index (χ1v) is 8.70. The number of nitrogens with zero attached hydrogens (tertiary/aromatic N) is 2. The molecule has 8 heteroatoms. The van der Waals surface area contributed by atoms with Gasteiger partial charge in [0.2, 0.25) is 0 Å². The van der Waals surface area contributed by atoms with Gasteiger partial charge in [0.15, 0.2) is 17.5 Å². The van der Waals surface area contributed by atoms with Crippen LogP contribution in [-0.2, 0) is 0 Å². The Bertz CT molecular complexity index is 742. The molecule has 2 rings (SSSR count). The number of benzene rings is 1. The molecule has 0 saturated heterocycles. The topological polar surface area (TPSA) is 80.9 Å². The largest absolute Gasteiger partial charge is 0.493 e. The van der Waals surface area contributed by atoms with Gasteiger partial charge in [-0.05, 0) is 32.9 Å². The van der Waals surface area contributed by atoms with Crippen LogP contribution in [0.3, 0.4) is 0 Å². The fourth-order valence-corrected chi connectivity index (χ4v) is 2.87. The molecule has 1 aromatic heterocycles. The van der Waals surface area contributed by atoms with Crippen LogP contribution in [-0.4, -0.2) is 38.4 Å². The minimum atomic E-state index is 0. The second-order valence-corrected chi connectivity index (χ2v) is 6.05. The number of rotatable bonds is 7. The number of ether oxygens (including phenoxy) is 2. The SMILES string of the molecule is CCNC(=NCC(C)c1c(C)noc1C)Nc1ccc(OC)c(OC)c1.I. The van der Waals surface area contributed by atoms with E-state index in [1.807, 2.05) is 39.0 Å². The van der Waals surface area contributed by atoms with Crippen molar-refractivity contribution in [3.8, 4) is 11.5 Å². The molecule has 150 valence electrons. The average Bonchev–Trinajstić information content (AvgIpc) is 2.98. The Balaban J connectivity index is 0.00000364. The number of guanidine groups is 1. The highest BCUT2D eigenvalue weighted by molar-refractivity contribution is 14.0. The zero-order valence-electron chi connectivity index (χ0n) is 16.8. The lowest BCUT2D eigenvalue weighted by molar-refractivity contribution is 0.355. The summed E-state index contributed by atoms with van der Waals surface area (Å²) in [6.45, 7) is 9.42. The summed E-state index contributed by atoms with van der Waals surface area (Å²) in [6, 6.07) is 5.66. The predicted octanol–water partition coefficient (Wildman–Crippen LogP) is 4.11. The molecule has 7 nitrogen and oxygen atoms in total. The number of nitrogens with one attached hydrogen (secondary N) is 2. The Hall–Kier alpha value is -1.97. The van der Waals surface area contributed by atoms with Crippen molar-refractivity contribution in [2.75, 3.05) is 32.6 Å². The highest BCUT2D eigenvalue weighted by atomic mass is 127. The van der Waals surface area contributed by atoms with Crippen LogP contribution >= 0.6 is 24.0 Å². The van der Waals surface area contributed by atoms with Crippen molar-refractivity contribution in [3.63, 3.8) is 0 Å². The number of anilines is 1. The van der Waals surface area contributed by atoms with Crippen molar-refractivity contribution in [1.29, 1.82) is 0 Å². The van der Waals surface area contributed by atoms with Gasteiger partial charge in [0.05, 0.1) is 19.9 Å². The van der Waals surface area contributed by atoms with Gasteiger partial charge in [0.25, 0.3) is 0 Å². The van der Waals surface area contributed by atoms with E-state index in [2.05, 4.69) is 22.7 Å². The first-order valence-electron chi connectivity index (χ1n) is 8.70. The molecule has 1 unspecified atom stereocenters. The van der Waals surface area contributed by atoms with Gasteiger partial charge < -0.3 is 24.6 Å². The number of halogens is 1. The van der Waals surface area contributed by atoms with Gasteiger partial charge in [0, 0.05) is 36.3 Å². The normalized spacial score (nSPS) is 12.1. The Labute approximate surface area is 177 Å². The van der Waals surface area contributed by atoms with Crippen LogP contribution in [0.5, 0.6) is 11.5 Å². The molecule has 1 heterocycles. The summed E-state index contributed by atoms with van der Waals surface area (Å²) in [7, 11) is 3.23. The minimum Gasteiger partial charge on any atom is -0.493 e. The van der Waals surface area contributed by atoms with Crippen LogP contribution in [0.4, 0.5) is 5.69 Å². The summed E-state index contributed by atoms with van der Waals surface area (Å²) in [4.78, 5) is 4.70. The zero-order chi connectivity index (χ0) is 19.1. The molecule has 0 amide bonds. The van der Waals surface area contributed by atoms with E-state index in [0.29, 0.717) is 24.0 Å². The molecule has 0 aliphatic heterocycles. The van der Waals surface area contributed by atoms with E-state index in [4.69, 9.17) is 19.0 Å². The van der Waals surface area contributed by atoms with E-state index < -0.39 is 0 Å². The number of hydrogen-bond donors (Lipinski definition) is 2. The molecule has 0 aliphatic carbocycles.